The summed E-state index contributed by atoms with van der Waals surface area (Å²) in [4.78, 5) is 16.5. The summed E-state index contributed by atoms with van der Waals surface area (Å²) < 4.78 is 0. The molecule has 0 unspecified atom stereocenters. The molecule has 1 rings (SSSR count). The summed E-state index contributed by atoms with van der Waals surface area (Å²) >= 11 is 1.31. The number of hydrogen-bond donors (Lipinski definition) is 2. The molecule has 0 saturated heterocycles. The molecule has 2 N–H and O–H groups in total. The van der Waals surface area contributed by atoms with E-state index in [9.17, 15) is 4.79 Å². The molecule has 5 heteroatoms. The van der Waals surface area contributed by atoms with Gasteiger partial charge in [-0.3, -0.25) is 4.79 Å². The Kier molecular flexibility index (Phi) is 9.08. The van der Waals surface area contributed by atoms with Crippen LogP contribution < -0.4 is 10.6 Å². The van der Waals surface area contributed by atoms with Gasteiger partial charge in [0.1, 0.15) is 4.88 Å². The first-order valence-electron chi connectivity index (χ1n) is 6.11. The SMILES string of the molecule is C=C/C=C(\C=C/C)NC(=O)c1cnc(NC)s1.CC. The first-order valence-corrected chi connectivity index (χ1v) is 6.93. The van der Waals surface area contributed by atoms with Gasteiger partial charge in [0.05, 0.1) is 6.20 Å². The Morgan fingerprint density at radius 1 is 1.47 bits per heavy atom. The molecule has 0 spiro atoms. The molecular formula is C14H21N3OS. The predicted octanol–water partition coefficient (Wildman–Crippen LogP) is 3.59. The molecule has 0 aliphatic rings. The Bertz CT molecular complexity index is 461. The number of hydrogen-bond acceptors (Lipinski definition) is 4. The van der Waals surface area contributed by atoms with Crippen molar-refractivity contribution >= 4 is 22.4 Å². The van der Waals surface area contributed by atoms with E-state index in [2.05, 4.69) is 22.2 Å². The van der Waals surface area contributed by atoms with Gasteiger partial charge in [-0.05, 0) is 19.1 Å². The first-order chi connectivity index (χ1) is 9.21. The molecule has 104 valence electrons. The Morgan fingerprint density at radius 2 is 2.16 bits per heavy atom. The average Bonchev–Trinajstić information content (AvgIpc) is 2.90. The zero-order valence-electron chi connectivity index (χ0n) is 11.9. The van der Waals surface area contributed by atoms with Crippen molar-refractivity contribution in [3.8, 4) is 0 Å². The highest BCUT2D eigenvalue weighted by Gasteiger charge is 2.10. The predicted molar refractivity (Wildman–Crippen MR) is 83.6 cm³/mol. The minimum absolute atomic E-state index is 0.171. The standard InChI is InChI=1S/C12H15N3OS.C2H6/c1-4-6-9(7-5-2)15-11(16)10-8-14-12(13-3)17-10;1-2/h4-8H,1H2,2-3H3,(H,13,14)(H,15,16);1-2H3/b7-5-,9-6+;. The molecule has 0 radical (unpaired) electrons. The van der Waals surface area contributed by atoms with Crippen LogP contribution in [0.5, 0.6) is 0 Å². The zero-order chi connectivity index (χ0) is 14.7. The van der Waals surface area contributed by atoms with Crippen molar-refractivity contribution in [3.05, 3.63) is 47.7 Å². The summed E-state index contributed by atoms with van der Waals surface area (Å²) in [5.41, 5.74) is 0.701. The van der Waals surface area contributed by atoms with Crippen LogP contribution in [0.4, 0.5) is 5.13 Å². The van der Waals surface area contributed by atoms with Crippen molar-refractivity contribution in [3.63, 3.8) is 0 Å². The van der Waals surface area contributed by atoms with Crippen molar-refractivity contribution in [2.75, 3.05) is 12.4 Å². The quantitative estimate of drug-likeness (QED) is 0.810. The van der Waals surface area contributed by atoms with Gasteiger partial charge in [0.15, 0.2) is 5.13 Å². The molecule has 1 aromatic rings. The van der Waals surface area contributed by atoms with E-state index in [-0.39, 0.29) is 5.91 Å². The van der Waals surface area contributed by atoms with Crippen molar-refractivity contribution in [1.82, 2.24) is 10.3 Å². The van der Waals surface area contributed by atoms with E-state index >= 15 is 0 Å². The van der Waals surface area contributed by atoms with Gasteiger partial charge in [-0.2, -0.15) is 0 Å². The second-order valence-electron chi connectivity index (χ2n) is 3.09. The normalized spacial score (nSPS) is 10.6. The van der Waals surface area contributed by atoms with E-state index in [0.29, 0.717) is 10.6 Å². The number of thiazole rings is 1. The highest BCUT2D eigenvalue weighted by atomic mass is 32.1. The second-order valence-corrected chi connectivity index (χ2v) is 4.12. The maximum atomic E-state index is 11.9. The lowest BCUT2D eigenvalue weighted by Gasteiger charge is -2.02. The topological polar surface area (TPSA) is 54.0 Å². The zero-order valence-corrected chi connectivity index (χ0v) is 12.7. The average molecular weight is 279 g/mol. The number of aromatic nitrogens is 1. The van der Waals surface area contributed by atoms with Crippen molar-refractivity contribution in [2.45, 2.75) is 20.8 Å². The molecule has 0 aliphatic carbocycles. The Balaban J connectivity index is 0.00000154. The third-order valence-electron chi connectivity index (χ3n) is 1.84. The lowest BCUT2D eigenvalue weighted by molar-refractivity contribution is 0.0971. The number of amides is 1. The molecule has 0 aromatic carbocycles. The van der Waals surface area contributed by atoms with E-state index in [0.717, 1.165) is 5.13 Å². The molecule has 4 nitrogen and oxygen atoms in total. The van der Waals surface area contributed by atoms with Crippen LogP contribution in [0.2, 0.25) is 0 Å². The number of carbonyl (C=O) groups is 1. The van der Waals surface area contributed by atoms with Crippen LogP contribution in [-0.4, -0.2) is 17.9 Å². The third-order valence-corrected chi connectivity index (χ3v) is 2.86. The second kappa shape index (κ2) is 10.1. The highest BCUT2D eigenvalue weighted by molar-refractivity contribution is 7.17. The van der Waals surface area contributed by atoms with E-state index in [1.54, 1.807) is 31.5 Å². The third kappa shape index (κ3) is 6.01. The Labute approximate surface area is 119 Å². The van der Waals surface area contributed by atoms with Gasteiger partial charge in [0, 0.05) is 12.7 Å². The van der Waals surface area contributed by atoms with Crippen molar-refractivity contribution in [2.24, 2.45) is 0 Å². The van der Waals surface area contributed by atoms with Crippen molar-refractivity contribution < 1.29 is 4.79 Å². The number of nitrogens with one attached hydrogen (secondary N) is 2. The number of carbonyl (C=O) groups excluding carboxylic acids is 1. The van der Waals surface area contributed by atoms with E-state index in [4.69, 9.17) is 0 Å². The highest BCUT2D eigenvalue weighted by Crippen LogP contribution is 2.17. The number of anilines is 1. The number of allylic oxidation sites excluding steroid dienone is 4. The lowest BCUT2D eigenvalue weighted by Crippen LogP contribution is -2.20. The fraction of sp³-hybridized carbons (Fsp3) is 0.286. The largest absolute Gasteiger partial charge is 0.365 e. The molecule has 0 fully saturated rings. The fourth-order valence-electron chi connectivity index (χ4n) is 1.13. The van der Waals surface area contributed by atoms with Gasteiger partial charge in [-0.25, -0.2) is 4.98 Å². The summed E-state index contributed by atoms with van der Waals surface area (Å²) in [6, 6.07) is 0. The van der Waals surface area contributed by atoms with Crippen molar-refractivity contribution in [1.29, 1.82) is 0 Å². The molecule has 1 amide bonds. The molecule has 0 saturated carbocycles. The number of rotatable bonds is 5. The van der Waals surface area contributed by atoms with Gasteiger partial charge >= 0.3 is 0 Å². The Hall–Kier alpha value is -1.88. The van der Waals surface area contributed by atoms with Crippen LogP contribution in [0.15, 0.2) is 42.8 Å². The van der Waals surface area contributed by atoms with Crippen LogP contribution in [0, 0.1) is 0 Å². The van der Waals surface area contributed by atoms with Crippen LogP contribution in [0.3, 0.4) is 0 Å². The van der Waals surface area contributed by atoms with Crippen LogP contribution in [0.1, 0.15) is 30.4 Å². The van der Waals surface area contributed by atoms with Gasteiger partial charge < -0.3 is 10.6 Å². The maximum Gasteiger partial charge on any atom is 0.267 e. The molecule has 1 heterocycles. The summed E-state index contributed by atoms with van der Waals surface area (Å²) in [7, 11) is 1.77. The van der Waals surface area contributed by atoms with Crippen LogP contribution in [0.25, 0.3) is 0 Å². The lowest BCUT2D eigenvalue weighted by atomic mass is 10.3. The molecular weight excluding hydrogens is 258 g/mol. The summed E-state index contributed by atoms with van der Waals surface area (Å²) in [5.74, 6) is -0.171. The summed E-state index contributed by atoms with van der Waals surface area (Å²) in [6.45, 7) is 9.48. The van der Waals surface area contributed by atoms with Gasteiger partial charge in [-0.1, -0.05) is 43.9 Å². The van der Waals surface area contributed by atoms with E-state index in [1.165, 1.54) is 11.3 Å². The molecule has 0 bridgehead atoms. The Morgan fingerprint density at radius 3 is 2.63 bits per heavy atom. The monoisotopic (exact) mass is 279 g/mol. The molecule has 0 atom stereocenters. The van der Waals surface area contributed by atoms with E-state index in [1.807, 2.05) is 26.8 Å². The van der Waals surface area contributed by atoms with Gasteiger partial charge in [0.2, 0.25) is 0 Å². The van der Waals surface area contributed by atoms with Gasteiger partial charge in [-0.15, -0.1) is 0 Å². The smallest absolute Gasteiger partial charge is 0.267 e. The summed E-state index contributed by atoms with van der Waals surface area (Å²) in [5, 5.41) is 6.39. The van der Waals surface area contributed by atoms with Gasteiger partial charge in [0.25, 0.3) is 5.91 Å². The molecule has 19 heavy (non-hydrogen) atoms. The maximum absolute atomic E-state index is 11.9. The van der Waals surface area contributed by atoms with Crippen LogP contribution in [-0.2, 0) is 0 Å². The summed E-state index contributed by atoms with van der Waals surface area (Å²) in [6.07, 6.45) is 8.56. The minimum Gasteiger partial charge on any atom is -0.365 e. The van der Waals surface area contributed by atoms with Crippen LogP contribution >= 0.6 is 11.3 Å². The molecule has 1 aromatic heterocycles. The number of nitrogens with zero attached hydrogens (tertiary/aromatic N) is 1. The fourth-order valence-corrected chi connectivity index (χ4v) is 1.80. The van der Waals surface area contributed by atoms with E-state index < -0.39 is 0 Å². The first kappa shape index (κ1) is 17.1. The molecule has 0 aliphatic heterocycles. The minimum atomic E-state index is -0.171.